The van der Waals surface area contributed by atoms with Crippen molar-refractivity contribution >= 4 is 21.8 Å². The van der Waals surface area contributed by atoms with Crippen LogP contribution in [-0.2, 0) is 26.5 Å². The summed E-state index contributed by atoms with van der Waals surface area (Å²) < 4.78 is 10.6. The number of benzene rings is 4. The van der Waals surface area contributed by atoms with Crippen molar-refractivity contribution in [1.82, 2.24) is 19.3 Å². The molecule has 0 spiro atoms. The van der Waals surface area contributed by atoms with Gasteiger partial charge in [-0.2, -0.15) is 17.2 Å². The summed E-state index contributed by atoms with van der Waals surface area (Å²) in [5.74, 6) is 2.47. The van der Waals surface area contributed by atoms with Crippen molar-refractivity contribution in [1.29, 1.82) is 0 Å². The summed E-state index contributed by atoms with van der Waals surface area (Å²) in [5, 5.41) is 7.18. The Morgan fingerprint density at radius 1 is 0.833 bits per heavy atom. The molecule has 0 aliphatic rings. The van der Waals surface area contributed by atoms with Gasteiger partial charge < -0.3 is 9.30 Å². The summed E-state index contributed by atoms with van der Waals surface area (Å²) in [6, 6.07) is 38.6. The van der Waals surface area contributed by atoms with Gasteiger partial charge in [-0.1, -0.05) is 82.6 Å². The molecular weight excluding hydrogens is 772 g/mol. The van der Waals surface area contributed by atoms with Gasteiger partial charge in [-0.05, 0) is 77.6 Å². The summed E-state index contributed by atoms with van der Waals surface area (Å²) in [5.41, 5.74) is 9.80. The molecule has 0 atom stereocenters. The van der Waals surface area contributed by atoms with E-state index in [1.54, 1.807) is 0 Å². The molecule has 0 amide bonds. The fourth-order valence-corrected chi connectivity index (χ4v) is 6.40. The minimum atomic E-state index is 0. The predicted molar refractivity (Wildman–Crippen MR) is 192 cm³/mol. The first-order valence-corrected chi connectivity index (χ1v) is 16.4. The standard InChI is InChI=1S/C42H40N4O.Pt/c1-8-42(6,7)32-17-20-38-37(24-32)36-19-18-35(26-39(36)45(38)40-23-31(27(2)3)21-22-43-40)47-34-16-12-15-33(25-34)46-29(5)41(28(4)44-46)30-13-10-9-11-14-30;/h9-24,27H,8H2,1-7H3;/q-2;+2. The van der Waals surface area contributed by atoms with E-state index in [-0.39, 0.29) is 26.5 Å². The molecule has 0 bridgehead atoms. The van der Waals surface area contributed by atoms with Gasteiger partial charge in [-0.15, -0.1) is 35.7 Å². The Bertz CT molecular complexity index is 2240. The fraction of sp³-hybridized carbons (Fsp3) is 0.238. The molecule has 5 nitrogen and oxygen atoms in total. The van der Waals surface area contributed by atoms with Crippen LogP contribution in [0.4, 0.5) is 0 Å². The van der Waals surface area contributed by atoms with E-state index in [4.69, 9.17) is 14.8 Å². The number of rotatable bonds is 8. The Labute approximate surface area is 297 Å². The molecule has 0 saturated heterocycles. The van der Waals surface area contributed by atoms with Crippen molar-refractivity contribution in [2.75, 3.05) is 0 Å². The van der Waals surface area contributed by atoms with Crippen LogP contribution >= 0.6 is 0 Å². The number of ether oxygens (including phenoxy) is 1. The average Bonchev–Trinajstić information content (AvgIpc) is 3.57. The van der Waals surface area contributed by atoms with Crippen LogP contribution in [0.3, 0.4) is 0 Å². The number of hydrogen-bond donors (Lipinski definition) is 0. The van der Waals surface area contributed by atoms with E-state index in [0.29, 0.717) is 17.4 Å². The second-order valence-corrected chi connectivity index (χ2v) is 13.3. The van der Waals surface area contributed by atoms with E-state index in [9.17, 15) is 0 Å². The van der Waals surface area contributed by atoms with Gasteiger partial charge in [0.2, 0.25) is 0 Å². The quantitative estimate of drug-likeness (QED) is 0.144. The van der Waals surface area contributed by atoms with Crippen molar-refractivity contribution in [3.05, 3.63) is 132 Å². The molecule has 3 heterocycles. The zero-order chi connectivity index (χ0) is 32.9. The van der Waals surface area contributed by atoms with Crippen molar-refractivity contribution < 1.29 is 25.8 Å². The molecule has 4 aromatic carbocycles. The number of nitrogens with zero attached hydrogens (tertiary/aromatic N) is 4. The molecule has 0 radical (unpaired) electrons. The van der Waals surface area contributed by atoms with Gasteiger partial charge in [0.25, 0.3) is 0 Å². The smallest absolute Gasteiger partial charge is 0.509 e. The summed E-state index contributed by atoms with van der Waals surface area (Å²) in [7, 11) is 0. The number of pyridine rings is 1. The van der Waals surface area contributed by atoms with E-state index in [1.165, 1.54) is 16.5 Å². The molecular formula is C42H40N4OPt. The molecule has 0 unspecified atom stereocenters. The Balaban J connectivity index is 0.00000401. The largest absolute Gasteiger partial charge is 2.00 e. The third kappa shape index (κ3) is 6.01. The normalized spacial score (nSPS) is 11.8. The molecule has 0 aliphatic carbocycles. The second kappa shape index (κ2) is 13.2. The Hall–Kier alpha value is -4.47. The van der Waals surface area contributed by atoms with Crippen LogP contribution in [0.25, 0.3) is 44.4 Å². The third-order valence-corrected chi connectivity index (χ3v) is 9.53. The minimum absolute atomic E-state index is 0. The topological polar surface area (TPSA) is 44.9 Å². The predicted octanol–water partition coefficient (Wildman–Crippen LogP) is 10.8. The average molecular weight is 812 g/mol. The SMILES string of the molecule is CCC(C)(C)c1ccc2c(c1)c1ccc(Oc3[c-]c(-n4nc(C)c(-c5ccccc5)c4C)ccc3)[c-]c1n2-c1cc(C(C)C)ccn1.[Pt+2]. The van der Waals surface area contributed by atoms with Crippen LogP contribution in [0.1, 0.15) is 69.5 Å². The Morgan fingerprint density at radius 2 is 1.60 bits per heavy atom. The molecule has 7 rings (SSSR count). The maximum atomic E-state index is 6.47. The summed E-state index contributed by atoms with van der Waals surface area (Å²) in [4.78, 5) is 4.84. The Kier molecular flexibility index (Phi) is 9.20. The number of aryl methyl sites for hydroxylation is 1. The molecule has 6 heteroatoms. The zero-order valence-corrected chi connectivity index (χ0v) is 30.8. The third-order valence-electron chi connectivity index (χ3n) is 9.53. The number of hydrogen-bond acceptors (Lipinski definition) is 3. The van der Waals surface area contributed by atoms with Gasteiger partial charge in [0, 0.05) is 34.5 Å². The van der Waals surface area contributed by atoms with Gasteiger partial charge in [0.1, 0.15) is 5.82 Å². The first kappa shape index (κ1) is 33.4. The van der Waals surface area contributed by atoms with Crippen molar-refractivity contribution in [2.45, 2.75) is 66.2 Å². The minimum Gasteiger partial charge on any atom is -0.509 e. The summed E-state index contributed by atoms with van der Waals surface area (Å²) in [6.45, 7) is 15.4. The van der Waals surface area contributed by atoms with Gasteiger partial charge in [0.05, 0.1) is 5.69 Å². The first-order chi connectivity index (χ1) is 22.6. The van der Waals surface area contributed by atoms with E-state index in [1.807, 2.05) is 48.1 Å². The van der Waals surface area contributed by atoms with Crippen LogP contribution < -0.4 is 4.74 Å². The maximum absolute atomic E-state index is 6.47. The van der Waals surface area contributed by atoms with Crippen molar-refractivity contribution in [3.63, 3.8) is 0 Å². The van der Waals surface area contributed by atoms with E-state index in [2.05, 4.69) is 119 Å². The first-order valence-electron chi connectivity index (χ1n) is 16.4. The van der Waals surface area contributed by atoms with Crippen LogP contribution in [0, 0.1) is 26.0 Å². The van der Waals surface area contributed by atoms with E-state index >= 15 is 0 Å². The van der Waals surface area contributed by atoms with E-state index in [0.717, 1.165) is 56.9 Å². The van der Waals surface area contributed by atoms with Crippen LogP contribution in [0.2, 0.25) is 0 Å². The summed E-state index contributed by atoms with van der Waals surface area (Å²) in [6.07, 6.45) is 2.96. The number of fused-ring (bicyclic) bond motifs is 3. The molecule has 0 saturated carbocycles. The van der Waals surface area contributed by atoms with Gasteiger partial charge in [-0.25, -0.2) is 4.98 Å². The molecule has 0 aliphatic heterocycles. The molecule has 244 valence electrons. The second-order valence-electron chi connectivity index (χ2n) is 13.3. The van der Waals surface area contributed by atoms with Gasteiger partial charge in [0.15, 0.2) is 0 Å². The van der Waals surface area contributed by atoms with Crippen LogP contribution in [0.15, 0.2) is 97.2 Å². The van der Waals surface area contributed by atoms with Gasteiger partial charge >= 0.3 is 21.1 Å². The molecule has 0 fully saturated rings. The van der Waals surface area contributed by atoms with Crippen molar-refractivity contribution in [3.8, 4) is 34.1 Å². The fourth-order valence-electron chi connectivity index (χ4n) is 6.40. The van der Waals surface area contributed by atoms with Crippen molar-refractivity contribution in [2.24, 2.45) is 0 Å². The van der Waals surface area contributed by atoms with Crippen LogP contribution in [0.5, 0.6) is 11.5 Å². The monoisotopic (exact) mass is 811 g/mol. The van der Waals surface area contributed by atoms with Gasteiger partial charge in [-0.3, -0.25) is 4.68 Å². The zero-order valence-electron chi connectivity index (χ0n) is 28.5. The Morgan fingerprint density at radius 3 is 2.35 bits per heavy atom. The van der Waals surface area contributed by atoms with E-state index < -0.39 is 0 Å². The molecule has 7 aromatic rings. The summed E-state index contributed by atoms with van der Waals surface area (Å²) >= 11 is 0. The maximum Gasteiger partial charge on any atom is 2.00 e. The van der Waals surface area contributed by atoms with Crippen LogP contribution in [-0.4, -0.2) is 19.3 Å². The molecule has 3 aromatic heterocycles. The number of aromatic nitrogens is 4. The molecule has 48 heavy (non-hydrogen) atoms. The molecule has 0 N–H and O–H groups in total.